The molecule has 0 unspecified atom stereocenters. The van der Waals surface area contributed by atoms with E-state index < -0.39 is 5.97 Å². The maximum atomic E-state index is 12.0. The number of aromatic nitrogens is 3. The highest BCUT2D eigenvalue weighted by atomic mass is 32.1. The van der Waals surface area contributed by atoms with Crippen molar-refractivity contribution in [3.8, 4) is 0 Å². The molecular weight excluding hydrogens is 394 g/mol. The van der Waals surface area contributed by atoms with Crippen LogP contribution in [0.3, 0.4) is 0 Å². The number of carbonyl (C=O) groups excluding carboxylic acids is 1. The van der Waals surface area contributed by atoms with Crippen molar-refractivity contribution in [2.75, 3.05) is 17.7 Å². The lowest BCUT2D eigenvalue weighted by Gasteiger charge is -2.07. The van der Waals surface area contributed by atoms with Gasteiger partial charge >= 0.3 is 5.97 Å². The smallest absolute Gasteiger partial charge is 0.340 e. The Morgan fingerprint density at radius 1 is 1.29 bits per heavy atom. The Labute approximate surface area is 172 Å². The van der Waals surface area contributed by atoms with Crippen LogP contribution in [0.25, 0.3) is 0 Å². The number of carbonyl (C=O) groups is 1. The van der Waals surface area contributed by atoms with Gasteiger partial charge in [0.25, 0.3) is 0 Å². The molecule has 2 heterocycles. The van der Waals surface area contributed by atoms with E-state index in [2.05, 4.69) is 51.9 Å². The van der Waals surface area contributed by atoms with Crippen LogP contribution in [0.2, 0.25) is 0 Å². The number of thiocarbonyl (C=S) groups is 1. The summed E-state index contributed by atoms with van der Waals surface area (Å²) in [6, 6.07) is 10.1. The molecule has 0 fully saturated rings. The van der Waals surface area contributed by atoms with Crippen molar-refractivity contribution in [1.82, 2.24) is 14.8 Å². The summed E-state index contributed by atoms with van der Waals surface area (Å²) in [5, 5.41) is 11.3. The number of thiophene rings is 1. The molecule has 28 heavy (non-hydrogen) atoms. The summed E-state index contributed by atoms with van der Waals surface area (Å²) in [5.74, 6) is -0.0155. The first-order valence-electron chi connectivity index (χ1n) is 8.72. The van der Waals surface area contributed by atoms with Crippen molar-refractivity contribution in [2.24, 2.45) is 0 Å². The van der Waals surface area contributed by atoms with Crippen LogP contribution in [0, 0.1) is 6.92 Å². The molecule has 1 aromatic carbocycles. The van der Waals surface area contributed by atoms with Gasteiger partial charge in [-0.3, -0.25) is 5.32 Å². The second-order valence-corrected chi connectivity index (χ2v) is 7.68. The van der Waals surface area contributed by atoms with Gasteiger partial charge in [0.2, 0.25) is 5.95 Å². The van der Waals surface area contributed by atoms with Crippen LogP contribution in [-0.2, 0) is 17.7 Å². The Morgan fingerprint density at radius 2 is 2.04 bits per heavy atom. The number of anilines is 2. The normalized spacial score (nSPS) is 10.5. The summed E-state index contributed by atoms with van der Waals surface area (Å²) < 4.78 is 6.57. The van der Waals surface area contributed by atoms with E-state index in [1.807, 2.05) is 13.0 Å². The van der Waals surface area contributed by atoms with Gasteiger partial charge < -0.3 is 10.1 Å². The number of hydrogen-bond donors (Lipinski definition) is 2. The van der Waals surface area contributed by atoms with Crippen LogP contribution in [0.4, 0.5) is 10.9 Å². The minimum atomic E-state index is -0.401. The zero-order valence-electron chi connectivity index (χ0n) is 15.9. The molecule has 0 atom stereocenters. The Hall–Kier alpha value is -2.78. The highest BCUT2D eigenvalue weighted by Gasteiger charge is 2.17. The van der Waals surface area contributed by atoms with Crippen LogP contribution in [0.1, 0.15) is 33.3 Å². The molecule has 0 saturated carbocycles. The highest BCUT2D eigenvalue weighted by molar-refractivity contribution is 7.80. The first-order chi connectivity index (χ1) is 13.5. The van der Waals surface area contributed by atoms with E-state index in [1.54, 1.807) is 11.0 Å². The number of rotatable bonds is 6. The second kappa shape index (κ2) is 8.94. The maximum Gasteiger partial charge on any atom is 0.340 e. The number of ether oxygens (including phenoxy) is 1. The zero-order chi connectivity index (χ0) is 20.1. The third-order valence-corrected chi connectivity index (χ3v) is 5.39. The maximum absolute atomic E-state index is 12.0. The molecule has 0 aliphatic rings. The summed E-state index contributed by atoms with van der Waals surface area (Å²) in [4.78, 5) is 17.2. The molecule has 0 amide bonds. The fraction of sp³-hybridized carbons (Fsp3) is 0.263. The highest BCUT2D eigenvalue weighted by Crippen LogP contribution is 2.29. The van der Waals surface area contributed by atoms with Crippen molar-refractivity contribution in [1.29, 1.82) is 0 Å². The summed E-state index contributed by atoms with van der Waals surface area (Å²) in [6.45, 7) is 4.70. The van der Waals surface area contributed by atoms with E-state index >= 15 is 0 Å². The number of aryl methyl sites for hydroxylation is 2. The molecule has 0 bridgehead atoms. The molecule has 0 radical (unpaired) electrons. The van der Waals surface area contributed by atoms with Crippen LogP contribution in [0.5, 0.6) is 0 Å². The Kier molecular flexibility index (Phi) is 6.37. The van der Waals surface area contributed by atoms with Gasteiger partial charge in [0.15, 0.2) is 5.11 Å². The van der Waals surface area contributed by atoms with Crippen molar-refractivity contribution in [3.63, 3.8) is 0 Å². The number of nitrogens with one attached hydrogen (secondary N) is 2. The van der Waals surface area contributed by atoms with Crippen LogP contribution in [0.15, 0.2) is 36.7 Å². The van der Waals surface area contributed by atoms with Gasteiger partial charge in [0, 0.05) is 4.88 Å². The number of methoxy groups -OCH3 is 1. The molecule has 2 aromatic heterocycles. The van der Waals surface area contributed by atoms with E-state index in [0.29, 0.717) is 28.2 Å². The molecule has 2 N–H and O–H groups in total. The molecule has 9 heteroatoms. The van der Waals surface area contributed by atoms with Gasteiger partial charge in [-0.1, -0.05) is 36.8 Å². The molecule has 3 aromatic rings. The summed E-state index contributed by atoms with van der Waals surface area (Å²) in [6.07, 6.45) is 2.46. The van der Waals surface area contributed by atoms with Gasteiger partial charge in [0.05, 0.1) is 19.2 Å². The summed E-state index contributed by atoms with van der Waals surface area (Å²) in [7, 11) is 1.36. The topological polar surface area (TPSA) is 81.1 Å². The lowest BCUT2D eigenvalue weighted by molar-refractivity contribution is 0.0602. The van der Waals surface area contributed by atoms with E-state index in [0.717, 1.165) is 16.9 Å². The standard InChI is InChI=1S/C19H21N5O2S2/c1-4-14-9-15(17(25)26-3)16(28-14)21-19(27)22-18-20-11-24(23-18)10-13-7-5-12(2)6-8-13/h5-9,11H,4,10H2,1-3H3,(H2,21,22,23,27). The van der Waals surface area contributed by atoms with Gasteiger partial charge in [-0.15, -0.1) is 16.4 Å². The first kappa shape index (κ1) is 20.0. The molecular formula is C19H21N5O2S2. The summed E-state index contributed by atoms with van der Waals surface area (Å²) in [5.41, 5.74) is 2.81. The Bertz CT molecular complexity index is 979. The van der Waals surface area contributed by atoms with Crippen LogP contribution >= 0.6 is 23.6 Å². The predicted molar refractivity (Wildman–Crippen MR) is 115 cm³/mol. The first-order valence-corrected chi connectivity index (χ1v) is 9.95. The predicted octanol–water partition coefficient (Wildman–Crippen LogP) is 3.85. The van der Waals surface area contributed by atoms with Crippen molar-refractivity contribution >= 4 is 45.6 Å². The van der Waals surface area contributed by atoms with Crippen molar-refractivity contribution in [2.45, 2.75) is 26.8 Å². The number of nitrogens with zero attached hydrogens (tertiary/aromatic N) is 3. The molecule has 0 aliphatic carbocycles. The quantitative estimate of drug-likeness (QED) is 0.467. The average molecular weight is 416 g/mol. The van der Waals surface area contributed by atoms with Crippen molar-refractivity contribution in [3.05, 3.63) is 58.2 Å². The average Bonchev–Trinajstić information content (AvgIpc) is 3.29. The lowest BCUT2D eigenvalue weighted by Crippen LogP contribution is -2.20. The summed E-state index contributed by atoms with van der Waals surface area (Å²) >= 11 is 6.81. The van der Waals surface area contributed by atoms with Gasteiger partial charge in [-0.05, 0) is 37.2 Å². The van der Waals surface area contributed by atoms with E-state index in [-0.39, 0.29) is 0 Å². The molecule has 7 nitrogen and oxygen atoms in total. The van der Waals surface area contributed by atoms with Gasteiger partial charge in [0.1, 0.15) is 11.3 Å². The van der Waals surface area contributed by atoms with E-state index in [9.17, 15) is 4.79 Å². The van der Waals surface area contributed by atoms with Crippen LogP contribution < -0.4 is 10.6 Å². The Balaban J connectivity index is 1.64. The van der Waals surface area contributed by atoms with Gasteiger partial charge in [-0.2, -0.15) is 0 Å². The molecule has 0 aliphatic heterocycles. The Morgan fingerprint density at radius 3 is 2.71 bits per heavy atom. The van der Waals surface area contributed by atoms with Crippen molar-refractivity contribution < 1.29 is 9.53 Å². The molecule has 3 rings (SSSR count). The van der Waals surface area contributed by atoms with Gasteiger partial charge in [-0.25, -0.2) is 14.5 Å². The SMILES string of the molecule is CCc1cc(C(=O)OC)c(NC(=S)Nc2ncn(Cc3ccc(C)cc3)n2)s1. The third-order valence-electron chi connectivity index (χ3n) is 3.99. The minimum absolute atomic E-state index is 0.308. The number of esters is 1. The fourth-order valence-electron chi connectivity index (χ4n) is 2.52. The molecule has 0 spiro atoms. The third kappa shape index (κ3) is 4.93. The van der Waals surface area contributed by atoms with Crippen LogP contribution in [-0.4, -0.2) is 33.0 Å². The largest absolute Gasteiger partial charge is 0.465 e. The molecule has 146 valence electrons. The lowest BCUT2D eigenvalue weighted by atomic mass is 10.1. The fourth-order valence-corrected chi connectivity index (χ4v) is 3.76. The van der Waals surface area contributed by atoms with E-state index in [4.69, 9.17) is 17.0 Å². The minimum Gasteiger partial charge on any atom is -0.465 e. The second-order valence-electron chi connectivity index (χ2n) is 6.13. The van der Waals surface area contributed by atoms with E-state index in [1.165, 1.54) is 24.0 Å². The molecule has 0 saturated heterocycles. The monoisotopic (exact) mass is 415 g/mol. The number of benzene rings is 1. The zero-order valence-corrected chi connectivity index (χ0v) is 17.5. The number of hydrogen-bond acceptors (Lipinski definition) is 6.